The Morgan fingerprint density at radius 1 is 1.77 bits per heavy atom. The fraction of sp³-hybridized carbons (Fsp3) is 0.875. The van der Waals surface area contributed by atoms with Crippen LogP contribution in [0.1, 0.15) is 0 Å². The zero-order valence-corrected chi connectivity index (χ0v) is 7.95. The molecular formula is C8H17N3O2. The monoisotopic (exact) mass is 187 g/mol. The molecule has 5 heteroatoms. The van der Waals surface area contributed by atoms with Gasteiger partial charge in [-0.3, -0.25) is 9.69 Å². The molecule has 0 aromatic heterocycles. The molecule has 1 aliphatic heterocycles. The van der Waals surface area contributed by atoms with Gasteiger partial charge in [-0.25, -0.2) is 0 Å². The van der Waals surface area contributed by atoms with Crippen LogP contribution in [0.15, 0.2) is 0 Å². The lowest BCUT2D eigenvalue weighted by Gasteiger charge is -2.33. The second-order valence-corrected chi connectivity index (χ2v) is 3.13. The lowest BCUT2D eigenvalue weighted by molar-refractivity contribution is -0.129. The van der Waals surface area contributed by atoms with Gasteiger partial charge in [0.1, 0.15) is 6.04 Å². The zero-order chi connectivity index (χ0) is 9.68. The first-order valence-electron chi connectivity index (χ1n) is 4.51. The predicted molar refractivity (Wildman–Crippen MR) is 49.3 cm³/mol. The van der Waals surface area contributed by atoms with Crippen molar-refractivity contribution in [3.63, 3.8) is 0 Å². The van der Waals surface area contributed by atoms with Gasteiger partial charge in [0.25, 0.3) is 0 Å². The standard InChI is InChI=1S/C8H17N3O2/c1-10-2-3-11-4-5-13-6-7(11)8(9)12/h7,10H,2-6H2,1H3,(H2,9,12). The second-order valence-electron chi connectivity index (χ2n) is 3.13. The first-order chi connectivity index (χ1) is 6.25. The van der Waals surface area contributed by atoms with Gasteiger partial charge < -0.3 is 15.8 Å². The molecule has 13 heavy (non-hydrogen) atoms. The Morgan fingerprint density at radius 2 is 2.54 bits per heavy atom. The third-order valence-corrected chi connectivity index (χ3v) is 2.22. The number of nitrogens with zero attached hydrogens (tertiary/aromatic N) is 1. The van der Waals surface area contributed by atoms with Crippen LogP contribution in [-0.2, 0) is 9.53 Å². The van der Waals surface area contributed by atoms with Gasteiger partial charge >= 0.3 is 0 Å². The highest BCUT2D eigenvalue weighted by Gasteiger charge is 2.26. The van der Waals surface area contributed by atoms with E-state index < -0.39 is 0 Å². The van der Waals surface area contributed by atoms with Gasteiger partial charge in [0, 0.05) is 19.6 Å². The Hall–Kier alpha value is -0.650. The fourth-order valence-electron chi connectivity index (χ4n) is 1.42. The summed E-state index contributed by atoms with van der Waals surface area (Å²) in [5, 5.41) is 3.04. The van der Waals surface area contributed by atoms with Crippen LogP contribution in [0, 0.1) is 0 Å². The van der Waals surface area contributed by atoms with Crippen molar-refractivity contribution in [3.05, 3.63) is 0 Å². The van der Waals surface area contributed by atoms with Crippen LogP contribution >= 0.6 is 0 Å². The third kappa shape index (κ3) is 2.95. The molecule has 1 saturated heterocycles. The van der Waals surface area contributed by atoms with Crippen LogP contribution in [-0.4, -0.2) is 56.7 Å². The van der Waals surface area contributed by atoms with Gasteiger partial charge in [0.05, 0.1) is 13.2 Å². The van der Waals surface area contributed by atoms with Crippen LogP contribution in [0.25, 0.3) is 0 Å². The number of nitrogens with two attached hydrogens (primary N) is 1. The molecule has 5 nitrogen and oxygen atoms in total. The molecule has 76 valence electrons. The van der Waals surface area contributed by atoms with Crippen molar-refractivity contribution in [1.29, 1.82) is 0 Å². The fourth-order valence-corrected chi connectivity index (χ4v) is 1.42. The summed E-state index contributed by atoms with van der Waals surface area (Å²) in [6.07, 6.45) is 0. The third-order valence-electron chi connectivity index (χ3n) is 2.22. The predicted octanol–water partition coefficient (Wildman–Crippen LogP) is -1.61. The first-order valence-corrected chi connectivity index (χ1v) is 4.51. The zero-order valence-electron chi connectivity index (χ0n) is 7.95. The van der Waals surface area contributed by atoms with Crippen molar-refractivity contribution >= 4 is 5.91 Å². The van der Waals surface area contributed by atoms with Gasteiger partial charge in [0.15, 0.2) is 0 Å². The van der Waals surface area contributed by atoms with E-state index in [1.165, 1.54) is 0 Å². The molecule has 0 saturated carbocycles. The highest BCUT2D eigenvalue weighted by molar-refractivity contribution is 5.80. The molecule has 1 amide bonds. The van der Waals surface area contributed by atoms with Crippen molar-refractivity contribution < 1.29 is 9.53 Å². The highest BCUT2D eigenvalue weighted by Crippen LogP contribution is 2.05. The Kier molecular flexibility index (Phi) is 4.14. The van der Waals surface area contributed by atoms with Crippen molar-refractivity contribution in [2.75, 3.05) is 39.9 Å². The SMILES string of the molecule is CNCCN1CCOCC1C(N)=O. The van der Waals surface area contributed by atoms with Gasteiger partial charge in [0.2, 0.25) is 5.91 Å². The van der Waals surface area contributed by atoms with Crippen LogP contribution in [0.3, 0.4) is 0 Å². The minimum atomic E-state index is -0.296. The molecule has 0 aromatic rings. The van der Waals surface area contributed by atoms with E-state index in [9.17, 15) is 4.79 Å². The number of likely N-dealkylation sites (N-methyl/N-ethyl adjacent to an activating group) is 1. The molecule has 0 spiro atoms. The summed E-state index contributed by atoms with van der Waals surface area (Å²) < 4.78 is 5.19. The summed E-state index contributed by atoms with van der Waals surface area (Å²) in [6.45, 7) is 3.61. The molecule has 1 rings (SSSR count). The molecule has 0 bridgehead atoms. The van der Waals surface area contributed by atoms with Gasteiger partial charge in [-0.05, 0) is 7.05 Å². The van der Waals surface area contributed by atoms with E-state index in [2.05, 4.69) is 10.2 Å². The van der Waals surface area contributed by atoms with E-state index in [1.807, 2.05) is 7.05 Å². The van der Waals surface area contributed by atoms with E-state index in [-0.39, 0.29) is 11.9 Å². The number of morpholine rings is 1. The molecule has 1 unspecified atom stereocenters. The molecule has 0 aliphatic carbocycles. The van der Waals surface area contributed by atoms with Crippen LogP contribution in [0.2, 0.25) is 0 Å². The van der Waals surface area contributed by atoms with E-state index in [4.69, 9.17) is 10.5 Å². The quantitative estimate of drug-likeness (QED) is 0.556. The van der Waals surface area contributed by atoms with Crippen molar-refractivity contribution in [3.8, 4) is 0 Å². The van der Waals surface area contributed by atoms with Gasteiger partial charge in [-0.2, -0.15) is 0 Å². The topological polar surface area (TPSA) is 67.6 Å². The van der Waals surface area contributed by atoms with Crippen molar-refractivity contribution in [2.45, 2.75) is 6.04 Å². The number of carbonyl (C=O) groups excluding carboxylic acids is 1. The number of primary amides is 1. The maximum Gasteiger partial charge on any atom is 0.237 e. The summed E-state index contributed by atoms with van der Waals surface area (Å²) in [4.78, 5) is 13.1. The molecule has 0 radical (unpaired) electrons. The molecule has 1 aliphatic rings. The van der Waals surface area contributed by atoms with E-state index in [1.54, 1.807) is 0 Å². The number of hydrogen-bond acceptors (Lipinski definition) is 4. The number of carbonyl (C=O) groups is 1. The number of ether oxygens (including phenoxy) is 1. The molecule has 1 heterocycles. The average Bonchev–Trinajstić information content (AvgIpc) is 2.15. The summed E-state index contributed by atoms with van der Waals surface area (Å²) >= 11 is 0. The molecule has 0 aromatic carbocycles. The minimum Gasteiger partial charge on any atom is -0.378 e. The summed E-state index contributed by atoms with van der Waals surface area (Å²) in [5.41, 5.74) is 5.25. The maximum atomic E-state index is 11.0. The Labute approximate surface area is 78.2 Å². The second kappa shape index (κ2) is 5.16. The van der Waals surface area contributed by atoms with E-state index in [0.29, 0.717) is 13.2 Å². The summed E-state index contributed by atoms with van der Waals surface area (Å²) in [6, 6.07) is -0.248. The Morgan fingerprint density at radius 3 is 3.15 bits per heavy atom. The number of nitrogens with one attached hydrogen (secondary N) is 1. The summed E-state index contributed by atoms with van der Waals surface area (Å²) in [5.74, 6) is -0.296. The number of amides is 1. The Balaban J connectivity index is 2.41. The number of hydrogen-bond donors (Lipinski definition) is 2. The minimum absolute atomic E-state index is 0.248. The maximum absolute atomic E-state index is 11.0. The number of rotatable bonds is 4. The largest absolute Gasteiger partial charge is 0.378 e. The van der Waals surface area contributed by atoms with Gasteiger partial charge in [-0.15, -0.1) is 0 Å². The van der Waals surface area contributed by atoms with E-state index >= 15 is 0 Å². The van der Waals surface area contributed by atoms with Crippen LogP contribution < -0.4 is 11.1 Å². The van der Waals surface area contributed by atoms with Crippen molar-refractivity contribution in [2.24, 2.45) is 5.73 Å². The van der Waals surface area contributed by atoms with E-state index in [0.717, 1.165) is 19.6 Å². The highest BCUT2D eigenvalue weighted by atomic mass is 16.5. The first kappa shape index (κ1) is 10.4. The molecule has 1 fully saturated rings. The smallest absolute Gasteiger partial charge is 0.237 e. The molecular weight excluding hydrogens is 170 g/mol. The lowest BCUT2D eigenvalue weighted by atomic mass is 10.2. The van der Waals surface area contributed by atoms with Crippen LogP contribution in [0.5, 0.6) is 0 Å². The molecule has 3 N–H and O–H groups in total. The normalized spacial score (nSPS) is 24.5. The molecule has 1 atom stereocenters. The lowest BCUT2D eigenvalue weighted by Crippen LogP contribution is -2.53. The van der Waals surface area contributed by atoms with Gasteiger partial charge in [-0.1, -0.05) is 0 Å². The van der Waals surface area contributed by atoms with Crippen molar-refractivity contribution in [1.82, 2.24) is 10.2 Å². The Bertz CT molecular complexity index is 175. The average molecular weight is 187 g/mol. The summed E-state index contributed by atoms with van der Waals surface area (Å²) in [7, 11) is 1.89. The van der Waals surface area contributed by atoms with Crippen LogP contribution in [0.4, 0.5) is 0 Å².